The van der Waals surface area contributed by atoms with Crippen molar-refractivity contribution in [3.05, 3.63) is 82.9 Å². The third kappa shape index (κ3) is 4.53. The van der Waals surface area contributed by atoms with Gasteiger partial charge in [0.25, 0.3) is 11.7 Å². The van der Waals surface area contributed by atoms with Crippen molar-refractivity contribution in [2.45, 2.75) is 32.9 Å². The van der Waals surface area contributed by atoms with Gasteiger partial charge in [0.2, 0.25) is 0 Å². The standard InChI is InChI=1S/C30H29NO7/c1-17(2)38-23-11-7-20(15-18(23)3)28(32)26-27(19-5-9-22(35-4)10-6-19)31(30(34)29(26)33)21-8-12-24-25(16-21)37-14-13-36-24/h5-12,15-17,27,32H,13-14H2,1-4H3/b28-26+. The highest BCUT2D eigenvalue weighted by Gasteiger charge is 2.47. The number of aliphatic hydroxyl groups is 1. The molecule has 196 valence electrons. The molecule has 3 aromatic carbocycles. The van der Waals surface area contributed by atoms with Gasteiger partial charge in [0.15, 0.2) is 11.5 Å². The molecule has 8 heteroatoms. The zero-order valence-corrected chi connectivity index (χ0v) is 21.7. The minimum Gasteiger partial charge on any atom is -0.507 e. The summed E-state index contributed by atoms with van der Waals surface area (Å²) in [5.74, 6) is 0.570. The number of aryl methyl sites for hydroxylation is 1. The highest BCUT2D eigenvalue weighted by atomic mass is 16.6. The molecule has 0 aliphatic carbocycles. The molecule has 2 aliphatic heterocycles. The number of benzene rings is 3. The molecule has 1 amide bonds. The smallest absolute Gasteiger partial charge is 0.300 e. The van der Waals surface area contributed by atoms with Gasteiger partial charge in [-0.15, -0.1) is 0 Å². The summed E-state index contributed by atoms with van der Waals surface area (Å²) in [5, 5.41) is 11.5. The van der Waals surface area contributed by atoms with Gasteiger partial charge >= 0.3 is 0 Å². The van der Waals surface area contributed by atoms with Gasteiger partial charge in [0, 0.05) is 17.3 Å². The fourth-order valence-corrected chi connectivity index (χ4v) is 4.72. The van der Waals surface area contributed by atoms with E-state index in [0.717, 1.165) is 5.56 Å². The molecule has 2 aliphatic rings. The second-order valence-electron chi connectivity index (χ2n) is 9.42. The van der Waals surface area contributed by atoms with Gasteiger partial charge in [-0.3, -0.25) is 14.5 Å². The van der Waals surface area contributed by atoms with Crippen molar-refractivity contribution in [3.63, 3.8) is 0 Å². The van der Waals surface area contributed by atoms with Crippen LogP contribution in [0.5, 0.6) is 23.0 Å². The molecule has 1 saturated heterocycles. The van der Waals surface area contributed by atoms with Gasteiger partial charge in [-0.05, 0) is 74.4 Å². The summed E-state index contributed by atoms with van der Waals surface area (Å²) >= 11 is 0. The van der Waals surface area contributed by atoms with E-state index in [-0.39, 0.29) is 17.4 Å². The first-order valence-corrected chi connectivity index (χ1v) is 12.4. The quantitative estimate of drug-likeness (QED) is 0.274. The molecule has 2 heterocycles. The van der Waals surface area contributed by atoms with E-state index in [0.29, 0.717) is 53.0 Å². The van der Waals surface area contributed by atoms with Crippen LogP contribution in [0.4, 0.5) is 5.69 Å². The van der Waals surface area contributed by atoms with Crippen LogP contribution in [0.1, 0.15) is 36.6 Å². The summed E-state index contributed by atoms with van der Waals surface area (Å²) in [7, 11) is 1.56. The average molecular weight is 516 g/mol. The monoisotopic (exact) mass is 515 g/mol. The van der Waals surface area contributed by atoms with E-state index >= 15 is 0 Å². The number of hydrogen-bond donors (Lipinski definition) is 1. The number of fused-ring (bicyclic) bond motifs is 1. The summed E-state index contributed by atoms with van der Waals surface area (Å²) in [6.07, 6.45) is -0.0143. The first-order valence-electron chi connectivity index (χ1n) is 12.4. The van der Waals surface area contributed by atoms with Crippen LogP contribution in [0, 0.1) is 6.92 Å². The molecule has 5 rings (SSSR count). The number of ketones is 1. The summed E-state index contributed by atoms with van der Waals surface area (Å²) in [6.45, 7) is 6.54. The van der Waals surface area contributed by atoms with Crippen molar-refractivity contribution in [1.82, 2.24) is 0 Å². The van der Waals surface area contributed by atoms with Crippen LogP contribution in [0.15, 0.2) is 66.2 Å². The highest BCUT2D eigenvalue weighted by molar-refractivity contribution is 6.51. The number of rotatable bonds is 6. The van der Waals surface area contributed by atoms with Crippen LogP contribution in [0.25, 0.3) is 5.76 Å². The van der Waals surface area contributed by atoms with E-state index in [9.17, 15) is 14.7 Å². The Bertz CT molecular complexity index is 1430. The first-order chi connectivity index (χ1) is 18.3. The molecule has 1 N–H and O–H groups in total. The molecule has 0 radical (unpaired) electrons. The van der Waals surface area contributed by atoms with Crippen molar-refractivity contribution in [1.29, 1.82) is 0 Å². The lowest BCUT2D eigenvalue weighted by Crippen LogP contribution is -2.29. The molecule has 1 fully saturated rings. The number of carbonyl (C=O) groups excluding carboxylic acids is 2. The number of hydrogen-bond acceptors (Lipinski definition) is 7. The van der Waals surface area contributed by atoms with Crippen LogP contribution in [0.2, 0.25) is 0 Å². The van der Waals surface area contributed by atoms with Crippen LogP contribution >= 0.6 is 0 Å². The van der Waals surface area contributed by atoms with E-state index in [2.05, 4.69) is 0 Å². The summed E-state index contributed by atoms with van der Waals surface area (Å²) < 4.78 is 22.4. The summed E-state index contributed by atoms with van der Waals surface area (Å²) in [4.78, 5) is 28.4. The maximum atomic E-state index is 13.5. The van der Waals surface area contributed by atoms with Crippen LogP contribution in [-0.2, 0) is 9.59 Å². The molecule has 1 atom stereocenters. The molecular weight excluding hydrogens is 486 g/mol. The normalized spacial score (nSPS) is 18.1. The Morgan fingerprint density at radius 1 is 0.974 bits per heavy atom. The first kappa shape index (κ1) is 25.2. The maximum absolute atomic E-state index is 13.5. The molecule has 1 unspecified atom stereocenters. The predicted octanol–water partition coefficient (Wildman–Crippen LogP) is 5.19. The van der Waals surface area contributed by atoms with E-state index in [1.807, 2.05) is 20.8 Å². The Morgan fingerprint density at radius 2 is 1.68 bits per heavy atom. The highest BCUT2D eigenvalue weighted by Crippen LogP contribution is 2.45. The third-order valence-corrected chi connectivity index (χ3v) is 6.49. The summed E-state index contributed by atoms with van der Waals surface area (Å²) in [5.41, 5.74) is 2.29. The lowest BCUT2D eigenvalue weighted by molar-refractivity contribution is -0.132. The molecule has 0 spiro atoms. The zero-order chi connectivity index (χ0) is 27.0. The predicted molar refractivity (Wildman–Crippen MR) is 142 cm³/mol. The molecule has 3 aromatic rings. The number of anilines is 1. The minimum atomic E-state index is -0.879. The van der Waals surface area contributed by atoms with E-state index in [1.165, 1.54) is 4.90 Å². The van der Waals surface area contributed by atoms with E-state index < -0.39 is 17.7 Å². The van der Waals surface area contributed by atoms with Gasteiger partial charge in [0.1, 0.15) is 30.5 Å². The molecule has 8 nitrogen and oxygen atoms in total. The number of nitrogens with zero attached hydrogens (tertiary/aromatic N) is 1. The average Bonchev–Trinajstić information content (AvgIpc) is 3.19. The van der Waals surface area contributed by atoms with Crippen molar-refractivity contribution in [2.24, 2.45) is 0 Å². The van der Waals surface area contributed by atoms with Crippen LogP contribution in [0.3, 0.4) is 0 Å². The lowest BCUT2D eigenvalue weighted by atomic mass is 9.94. The maximum Gasteiger partial charge on any atom is 0.300 e. The number of amides is 1. The molecule has 0 bridgehead atoms. The second kappa shape index (κ2) is 10.1. The van der Waals surface area contributed by atoms with Gasteiger partial charge in [-0.25, -0.2) is 0 Å². The van der Waals surface area contributed by atoms with Gasteiger partial charge < -0.3 is 24.1 Å². The van der Waals surface area contributed by atoms with Gasteiger partial charge in [-0.2, -0.15) is 0 Å². The fraction of sp³-hybridized carbons (Fsp3) is 0.267. The Balaban J connectivity index is 1.65. The molecule has 38 heavy (non-hydrogen) atoms. The topological polar surface area (TPSA) is 94.5 Å². The van der Waals surface area contributed by atoms with E-state index in [1.54, 1.807) is 67.8 Å². The number of methoxy groups -OCH3 is 1. The fourth-order valence-electron chi connectivity index (χ4n) is 4.72. The minimum absolute atomic E-state index is 0.00742. The Hall–Kier alpha value is -4.46. The van der Waals surface area contributed by atoms with Crippen molar-refractivity contribution in [3.8, 4) is 23.0 Å². The van der Waals surface area contributed by atoms with Gasteiger partial charge in [0.05, 0.1) is 24.8 Å². The summed E-state index contributed by atoms with van der Waals surface area (Å²) in [6, 6.07) is 16.5. The van der Waals surface area contributed by atoms with Crippen LogP contribution in [-0.4, -0.2) is 43.2 Å². The number of ether oxygens (including phenoxy) is 4. The van der Waals surface area contributed by atoms with E-state index in [4.69, 9.17) is 18.9 Å². The van der Waals surface area contributed by atoms with Crippen molar-refractivity contribution in [2.75, 3.05) is 25.2 Å². The lowest BCUT2D eigenvalue weighted by Gasteiger charge is -2.27. The molecular formula is C30H29NO7. The zero-order valence-electron chi connectivity index (χ0n) is 21.7. The number of Topliss-reactive ketones (excluding diaryl/α,β-unsaturated/α-hetero) is 1. The van der Waals surface area contributed by atoms with Crippen molar-refractivity contribution < 1.29 is 33.6 Å². The molecule has 0 aromatic heterocycles. The Morgan fingerprint density at radius 3 is 2.34 bits per heavy atom. The number of aliphatic hydroxyl groups excluding tert-OH is 1. The number of carbonyl (C=O) groups is 2. The third-order valence-electron chi connectivity index (χ3n) is 6.49. The largest absolute Gasteiger partial charge is 0.507 e. The SMILES string of the molecule is COc1ccc(C2/C(=C(\O)c3ccc(OC(C)C)c(C)c3)C(=O)C(=O)N2c2ccc3c(c2)OCCO3)cc1. The Kier molecular flexibility index (Phi) is 6.72. The second-order valence-corrected chi connectivity index (χ2v) is 9.42. The molecule has 0 saturated carbocycles. The van der Waals surface area contributed by atoms with Crippen molar-refractivity contribution >= 4 is 23.1 Å². The van der Waals surface area contributed by atoms with Crippen LogP contribution < -0.4 is 23.8 Å². The Labute approximate surface area is 221 Å². The van der Waals surface area contributed by atoms with Gasteiger partial charge in [-0.1, -0.05) is 12.1 Å².